The van der Waals surface area contributed by atoms with Crippen molar-refractivity contribution in [2.45, 2.75) is 19.9 Å². The Balaban J connectivity index is 2.12. The fraction of sp³-hybridized carbons (Fsp3) is 0.188. The molecule has 0 heterocycles. The largest absolute Gasteiger partial charge is 0.481 e. The van der Waals surface area contributed by atoms with E-state index in [9.17, 15) is 9.18 Å². The summed E-state index contributed by atoms with van der Waals surface area (Å²) in [6, 6.07) is 12.1. The normalized spacial score (nSPS) is 10.3. The highest BCUT2D eigenvalue weighted by molar-refractivity contribution is 5.70. The smallest absolute Gasteiger partial charge is 0.307 e. The first-order valence-electron chi connectivity index (χ1n) is 6.34. The van der Waals surface area contributed by atoms with E-state index in [4.69, 9.17) is 5.11 Å². The molecular weight excluding hydrogens is 257 g/mol. The summed E-state index contributed by atoms with van der Waals surface area (Å²) in [4.78, 5) is 10.8. The van der Waals surface area contributed by atoms with E-state index in [1.807, 2.05) is 31.2 Å². The van der Waals surface area contributed by atoms with E-state index < -0.39 is 5.97 Å². The summed E-state index contributed by atoms with van der Waals surface area (Å²) in [5.74, 6) is -1.15. The van der Waals surface area contributed by atoms with Gasteiger partial charge in [0, 0.05) is 12.2 Å². The Bertz CT molecular complexity index is 605. The molecule has 2 aromatic carbocycles. The third-order valence-electron chi connectivity index (χ3n) is 2.99. The summed E-state index contributed by atoms with van der Waals surface area (Å²) >= 11 is 0. The summed E-state index contributed by atoms with van der Waals surface area (Å²) in [5.41, 5.74) is 3.19. The molecular formula is C16H16FNO2. The summed E-state index contributed by atoms with van der Waals surface area (Å²) in [5, 5.41) is 12.0. The van der Waals surface area contributed by atoms with Crippen LogP contribution in [0.15, 0.2) is 42.5 Å². The maximum atomic E-state index is 13.3. The van der Waals surface area contributed by atoms with Gasteiger partial charge in [-0.3, -0.25) is 4.79 Å². The highest BCUT2D eigenvalue weighted by atomic mass is 19.1. The zero-order valence-electron chi connectivity index (χ0n) is 11.2. The van der Waals surface area contributed by atoms with Gasteiger partial charge in [0.05, 0.1) is 6.42 Å². The minimum absolute atomic E-state index is 0.0139. The lowest BCUT2D eigenvalue weighted by Gasteiger charge is -2.11. The molecule has 0 aliphatic heterocycles. The Morgan fingerprint density at radius 2 is 1.90 bits per heavy atom. The van der Waals surface area contributed by atoms with Gasteiger partial charge < -0.3 is 10.4 Å². The van der Waals surface area contributed by atoms with Crippen molar-refractivity contribution in [2.75, 3.05) is 5.32 Å². The summed E-state index contributed by atoms with van der Waals surface area (Å²) in [6.45, 7) is 2.29. The molecule has 20 heavy (non-hydrogen) atoms. The van der Waals surface area contributed by atoms with Crippen LogP contribution in [0.4, 0.5) is 10.1 Å². The third-order valence-corrected chi connectivity index (χ3v) is 2.99. The van der Waals surface area contributed by atoms with Gasteiger partial charge in [-0.25, -0.2) is 4.39 Å². The van der Waals surface area contributed by atoms with Gasteiger partial charge in [0.1, 0.15) is 5.82 Å². The molecule has 2 rings (SSSR count). The predicted molar refractivity (Wildman–Crippen MR) is 76.2 cm³/mol. The molecule has 104 valence electrons. The molecule has 2 N–H and O–H groups in total. The standard InChI is InChI=1S/C16H16FNO2/c1-11-6-14(17)9-15(7-11)18-10-13-5-3-2-4-12(13)8-16(19)20/h2-7,9,18H,8,10H2,1H3,(H,19,20). The molecule has 0 aromatic heterocycles. The molecule has 0 unspecified atom stereocenters. The predicted octanol–water partition coefficient (Wildman–Crippen LogP) is 3.37. The first-order valence-corrected chi connectivity index (χ1v) is 6.34. The van der Waals surface area contributed by atoms with Crippen molar-refractivity contribution in [1.29, 1.82) is 0 Å². The number of halogens is 1. The second-order valence-corrected chi connectivity index (χ2v) is 4.71. The Hall–Kier alpha value is -2.36. The van der Waals surface area contributed by atoms with Crippen LogP contribution in [-0.2, 0) is 17.8 Å². The van der Waals surface area contributed by atoms with Crippen molar-refractivity contribution in [3.8, 4) is 0 Å². The molecule has 0 bridgehead atoms. The van der Waals surface area contributed by atoms with E-state index in [0.29, 0.717) is 12.2 Å². The van der Waals surface area contributed by atoms with E-state index in [-0.39, 0.29) is 12.2 Å². The van der Waals surface area contributed by atoms with Crippen LogP contribution in [0.25, 0.3) is 0 Å². The minimum Gasteiger partial charge on any atom is -0.481 e. The van der Waals surface area contributed by atoms with Crippen LogP contribution >= 0.6 is 0 Å². The molecule has 0 saturated carbocycles. The Morgan fingerprint density at radius 3 is 2.55 bits per heavy atom. The molecule has 0 radical (unpaired) electrons. The number of aryl methyl sites for hydroxylation is 1. The molecule has 0 saturated heterocycles. The zero-order valence-corrected chi connectivity index (χ0v) is 11.2. The van der Waals surface area contributed by atoms with Crippen molar-refractivity contribution in [3.63, 3.8) is 0 Å². The lowest BCUT2D eigenvalue weighted by Crippen LogP contribution is -2.07. The fourth-order valence-corrected chi connectivity index (χ4v) is 2.10. The number of carbonyl (C=O) groups is 1. The van der Waals surface area contributed by atoms with Gasteiger partial charge in [-0.2, -0.15) is 0 Å². The molecule has 0 atom stereocenters. The van der Waals surface area contributed by atoms with E-state index in [0.717, 1.165) is 16.7 Å². The van der Waals surface area contributed by atoms with E-state index in [1.54, 1.807) is 6.07 Å². The SMILES string of the molecule is Cc1cc(F)cc(NCc2ccccc2CC(=O)O)c1. The Kier molecular flexibility index (Phi) is 4.35. The second kappa shape index (κ2) is 6.19. The number of hydrogen-bond donors (Lipinski definition) is 2. The van der Waals surface area contributed by atoms with Crippen LogP contribution in [-0.4, -0.2) is 11.1 Å². The van der Waals surface area contributed by atoms with Crippen LogP contribution in [0.2, 0.25) is 0 Å². The highest BCUT2D eigenvalue weighted by Gasteiger charge is 2.06. The minimum atomic E-state index is -0.862. The monoisotopic (exact) mass is 273 g/mol. The molecule has 0 amide bonds. The van der Waals surface area contributed by atoms with Crippen molar-refractivity contribution in [2.24, 2.45) is 0 Å². The quantitative estimate of drug-likeness (QED) is 0.878. The van der Waals surface area contributed by atoms with Gasteiger partial charge >= 0.3 is 5.97 Å². The van der Waals surface area contributed by atoms with Crippen molar-refractivity contribution < 1.29 is 14.3 Å². The zero-order chi connectivity index (χ0) is 14.5. The molecule has 3 nitrogen and oxygen atoms in total. The maximum Gasteiger partial charge on any atom is 0.307 e. The lowest BCUT2D eigenvalue weighted by atomic mass is 10.0. The summed E-state index contributed by atoms with van der Waals surface area (Å²) in [7, 11) is 0. The third kappa shape index (κ3) is 3.82. The van der Waals surface area contributed by atoms with Crippen molar-refractivity contribution in [1.82, 2.24) is 0 Å². The lowest BCUT2D eigenvalue weighted by molar-refractivity contribution is -0.136. The van der Waals surface area contributed by atoms with Crippen molar-refractivity contribution in [3.05, 3.63) is 65.0 Å². The molecule has 0 spiro atoms. The molecule has 0 aliphatic rings. The van der Waals surface area contributed by atoms with Gasteiger partial charge in [0.15, 0.2) is 0 Å². The van der Waals surface area contributed by atoms with Crippen LogP contribution < -0.4 is 5.32 Å². The van der Waals surface area contributed by atoms with Crippen LogP contribution in [0.5, 0.6) is 0 Å². The molecule has 4 heteroatoms. The maximum absolute atomic E-state index is 13.3. The first kappa shape index (κ1) is 14.1. The Labute approximate surface area is 117 Å². The first-order chi connectivity index (χ1) is 9.54. The highest BCUT2D eigenvalue weighted by Crippen LogP contribution is 2.16. The number of anilines is 1. The number of rotatable bonds is 5. The van der Waals surface area contributed by atoms with Gasteiger partial charge in [-0.05, 0) is 41.8 Å². The number of carboxylic acid groups (broad SMARTS) is 1. The van der Waals surface area contributed by atoms with Gasteiger partial charge in [-0.15, -0.1) is 0 Å². The van der Waals surface area contributed by atoms with Gasteiger partial charge in [0.2, 0.25) is 0 Å². The number of carboxylic acids is 1. The number of aliphatic carboxylic acids is 1. The van der Waals surface area contributed by atoms with E-state index in [1.165, 1.54) is 12.1 Å². The fourth-order valence-electron chi connectivity index (χ4n) is 2.10. The van der Waals surface area contributed by atoms with Gasteiger partial charge in [-0.1, -0.05) is 24.3 Å². The Morgan fingerprint density at radius 1 is 1.20 bits per heavy atom. The van der Waals surface area contributed by atoms with Crippen molar-refractivity contribution >= 4 is 11.7 Å². The van der Waals surface area contributed by atoms with E-state index in [2.05, 4.69) is 5.32 Å². The van der Waals surface area contributed by atoms with Gasteiger partial charge in [0.25, 0.3) is 0 Å². The van der Waals surface area contributed by atoms with E-state index >= 15 is 0 Å². The number of benzene rings is 2. The number of hydrogen-bond acceptors (Lipinski definition) is 2. The average Bonchev–Trinajstić information content (AvgIpc) is 2.36. The molecule has 2 aromatic rings. The number of nitrogens with one attached hydrogen (secondary N) is 1. The summed E-state index contributed by atoms with van der Waals surface area (Å²) < 4.78 is 13.3. The van der Waals surface area contributed by atoms with Crippen LogP contribution in [0, 0.1) is 12.7 Å². The van der Waals surface area contributed by atoms with Crippen LogP contribution in [0.3, 0.4) is 0 Å². The summed E-state index contributed by atoms with van der Waals surface area (Å²) in [6.07, 6.45) is -0.0139. The average molecular weight is 273 g/mol. The molecule has 0 fully saturated rings. The second-order valence-electron chi connectivity index (χ2n) is 4.71. The van der Waals surface area contributed by atoms with Crippen LogP contribution in [0.1, 0.15) is 16.7 Å². The topological polar surface area (TPSA) is 49.3 Å². The molecule has 0 aliphatic carbocycles.